The zero-order valence-electron chi connectivity index (χ0n) is 13.4. The van der Waals surface area contributed by atoms with Gasteiger partial charge < -0.3 is 10.2 Å². The summed E-state index contributed by atoms with van der Waals surface area (Å²) in [5.74, 6) is 0.137. The number of nitrogens with zero attached hydrogens (tertiary/aromatic N) is 1. The van der Waals surface area contributed by atoms with Crippen LogP contribution < -0.4 is 10.2 Å². The predicted octanol–water partition coefficient (Wildman–Crippen LogP) is 2.71. The second kappa shape index (κ2) is 6.99. The minimum Gasteiger partial charge on any atom is -0.373 e. The maximum Gasteiger partial charge on any atom is 0.149 e. The standard InChI is InChI=1S/C15H25ClN2O2S/c1-15(2,3)17-11-12-10-13(16)6-7-14(12)18(4)8-9-21(5,19)20/h6-7,10,17H,8-9,11H2,1-5H3. The molecule has 0 bridgehead atoms. The van der Waals surface area contributed by atoms with Crippen LogP contribution in [0.25, 0.3) is 0 Å². The van der Waals surface area contributed by atoms with Crippen LogP contribution >= 0.6 is 11.6 Å². The lowest BCUT2D eigenvalue weighted by Crippen LogP contribution is -2.35. The van der Waals surface area contributed by atoms with Crippen LogP contribution in [-0.4, -0.2) is 39.6 Å². The Morgan fingerprint density at radius 2 is 1.90 bits per heavy atom. The lowest BCUT2D eigenvalue weighted by molar-refractivity contribution is 0.424. The van der Waals surface area contributed by atoms with Crippen molar-refractivity contribution in [1.29, 1.82) is 0 Å². The fraction of sp³-hybridized carbons (Fsp3) is 0.600. The van der Waals surface area contributed by atoms with Crippen molar-refractivity contribution in [1.82, 2.24) is 5.32 Å². The molecule has 0 aliphatic heterocycles. The minimum absolute atomic E-state index is 0.00488. The van der Waals surface area contributed by atoms with Gasteiger partial charge in [0.2, 0.25) is 0 Å². The SMILES string of the molecule is CN(CCS(C)(=O)=O)c1ccc(Cl)cc1CNC(C)(C)C. The molecule has 0 spiro atoms. The number of rotatable bonds is 6. The third-order valence-corrected chi connectivity index (χ3v) is 4.22. The highest BCUT2D eigenvalue weighted by molar-refractivity contribution is 7.90. The van der Waals surface area contributed by atoms with Crippen LogP contribution in [0.5, 0.6) is 0 Å². The zero-order valence-corrected chi connectivity index (χ0v) is 15.0. The van der Waals surface area contributed by atoms with E-state index in [0.29, 0.717) is 18.1 Å². The van der Waals surface area contributed by atoms with Crippen molar-refractivity contribution in [3.8, 4) is 0 Å². The molecule has 0 aliphatic rings. The first-order chi connectivity index (χ1) is 9.48. The third-order valence-electron chi connectivity index (χ3n) is 3.06. The van der Waals surface area contributed by atoms with Gasteiger partial charge in [0, 0.05) is 42.6 Å². The van der Waals surface area contributed by atoms with E-state index in [1.54, 1.807) is 0 Å². The van der Waals surface area contributed by atoms with Crippen molar-refractivity contribution in [2.24, 2.45) is 0 Å². The number of sulfone groups is 1. The monoisotopic (exact) mass is 332 g/mol. The van der Waals surface area contributed by atoms with Gasteiger partial charge in [-0.1, -0.05) is 11.6 Å². The Balaban J connectivity index is 2.90. The van der Waals surface area contributed by atoms with Gasteiger partial charge in [0.05, 0.1) is 5.75 Å². The maximum atomic E-state index is 11.3. The summed E-state index contributed by atoms with van der Waals surface area (Å²) in [6.45, 7) is 7.45. The predicted molar refractivity (Wildman–Crippen MR) is 91.0 cm³/mol. The number of hydrogen-bond acceptors (Lipinski definition) is 4. The van der Waals surface area contributed by atoms with E-state index in [9.17, 15) is 8.42 Å². The summed E-state index contributed by atoms with van der Waals surface area (Å²) >= 11 is 6.08. The normalized spacial score (nSPS) is 12.5. The van der Waals surface area contributed by atoms with Crippen LogP contribution in [0.3, 0.4) is 0 Å². The van der Waals surface area contributed by atoms with Crippen LogP contribution in [0.4, 0.5) is 5.69 Å². The molecule has 0 heterocycles. The van der Waals surface area contributed by atoms with Gasteiger partial charge in [0.15, 0.2) is 0 Å². The highest BCUT2D eigenvalue weighted by atomic mass is 35.5. The molecule has 4 nitrogen and oxygen atoms in total. The van der Waals surface area contributed by atoms with Crippen molar-refractivity contribution >= 4 is 27.1 Å². The highest BCUT2D eigenvalue weighted by Gasteiger charge is 2.14. The Kier molecular flexibility index (Phi) is 6.08. The van der Waals surface area contributed by atoms with Gasteiger partial charge in [0.1, 0.15) is 9.84 Å². The summed E-state index contributed by atoms with van der Waals surface area (Å²) in [4.78, 5) is 1.96. The Morgan fingerprint density at radius 3 is 2.43 bits per heavy atom. The molecule has 0 radical (unpaired) electrons. The van der Waals surface area contributed by atoms with Crippen molar-refractivity contribution in [3.63, 3.8) is 0 Å². The lowest BCUT2D eigenvalue weighted by atomic mass is 10.1. The molecule has 0 aromatic heterocycles. The van der Waals surface area contributed by atoms with Crippen LogP contribution in [0.1, 0.15) is 26.3 Å². The molecular weight excluding hydrogens is 308 g/mol. The zero-order chi connectivity index (χ0) is 16.3. The third kappa shape index (κ3) is 7.16. The summed E-state index contributed by atoms with van der Waals surface area (Å²) in [6.07, 6.45) is 1.25. The first-order valence-electron chi connectivity index (χ1n) is 6.90. The summed E-state index contributed by atoms with van der Waals surface area (Å²) in [5.41, 5.74) is 2.07. The van der Waals surface area contributed by atoms with E-state index in [0.717, 1.165) is 11.3 Å². The van der Waals surface area contributed by atoms with Gasteiger partial charge in [-0.05, 0) is 44.5 Å². The molecule has 0 saturated heterocycles. The average Bonchev–Trinajstić information content (AvgIpc) is 2.32. The number of halogens is 1. The molecule has 0 fully saturated rings. The Morgan fingerprint density at radius 1 is 1.29 bits per heavy atom. The summed E-state index contributed by atoms with van der Waals surface area (Å²) in [6, 6.07) is 5.69. The smallest absolute Gasteiger partial charge is 0.149 e. The second-order valence-electron chi connectivity index (χ2n) is 6.43. The molecular formula is C15H25ClN2O2S. The summed E-state index contributed by atoms with van der Waals surface area (Å²) < 4.78 is 22.6. The molecule has 1 aromatic carbocycles. The van der Waals surface area contributed by atoms with Crippen LogP contribution in [0, 0.1) is 0 Å². The van der Waals surface area contributed by atoms with Gasteiger partial charge in [-0.2, -0.15) is 0 Å². The maximum absolute atomic E-state index is 11.3. The fourth-order valence-corrected chi connectivity index (χ4v) is 2.65. The highest BCUT2D eigenvalue weighted by Crippen LogP contribution is 2.24. The molecule has 0 amide bonds. The second-order valence-corrected chi connectivity index (χ2v) is 9.12. The molecule has 0 unspecified atom stereocenters. The van der Waals surface area contributed by atoms with Gasteiger partial charge >= 0.3 is 0 Å². The number of hydrogen-bond donors (Lipinski definition) is 1. The minimum atomic E-state index is -2.97. The fourth-order valence-electron chi connectivity index (χ4n) is 1.85. The van der Waals surface area contributed by atoms with Crippen LogP contribution in [0.2, 0.25) is 5.02 Å². The van der Waals surface area contributed by atoms with Crippen LogP contribution in [-0.2, 0) is 16.4 Å². The Bertz CT molecular complexity index is 580. The van der Waals surface area contributed by atoms with E-state index in [4.69, 9.17) is 11.6 Å². The van der Waals surface area contributed by atoms with Gasteiger partial charge in [0.25, 0.3) is 0 Å². The molecule has 120 valence electrons. The molecule has 21 heavy (non-hydrogen) atoms. The van der Waals surface area contributed by atoms with Crippen molar-refractivity contribution < 1.29 is 8.42 Å². The largest absolute Gasteiger partial charge is 0.373 e. The molecule has 1 aromatic rings. The molecule has 0 atom stereocenters. The van der Waals surface area contributed by atoms with Crippen molar-refractivity contribution in [2.45, 2.75) is 32.9 Å². The molecule has 1 rings (SSSR count). The molecule has 0 aliphatic carbocycles. The molecule has 0 saturated carbocycles. The average molecular weight is 333 g/mol. The number of nitrogens with one attached hydrogen (secondary N) is 1. The van der Waals surface area contributed by atoms with E-state index >= 15 is 0 Å². The van der Waals surface area contributed by atoms with E-state index < -0.39 is 9.84 Å². The molecule has 6 heteroatoms. The first-order valence-corrected chi connectivity index (χ1v) is 9.34. The van der Waals surface area contributed by atoms with E-state index in [1.165, 1.54) is 6.26 Å². The van der Waals surface area contributed by atoms with E-state index in [-0.39, 0.29) is 11.3 Å². The van der Waals surface area contributed by atoms with Gasteiger partial charge in [-0.15, -0.1) is 0 Å². The topological polar surface area (TPSA) is 49.4 Å². The Hall–Kier alpha value is -0.780. The Labute approximate surface area is 133 Å². The first kappa shape index (κ1) is 18.3. The quantitative estimate of drug-likeness (QED) is 0.870. The van der Waals surface area contributed by atoms with E-state index in [2.05, 4.69) is 26.1 Å². The van der Waals surface area contributed by atoms with Crippen molar-refractivity contribution in [2.75, 3.05) is 30.5 Å². The number of anilines is 1. The molecule has 1 N–H and O–H groups in total. The van der Waals surface area contributed by atoms with Gasteiger partial charge in [-0.25, -0.2) is 8.42 Å². The van der Waals surface area contributed by atoms with Crippen molar-refractivity contribution in [3.05, 3.63) is 28.8 Å². The van der Waals surface area contributed by atoms with E-state index in [1.807, 2.05) is 30.1 Å². The van der Waals surface area contributed by atoms with Crippen LogP contribution in [0.15, 0.2) is 18.2 Å². The summed E-state index contributed by atoms with van der Waals surface area (Å²) in [7, 11) is -1.07. The lowest BCUT2D eigenvalue weighted by Gasteiger charge is -2.25. The summed E-state index contributed by atoms with van der Waals surface area (Å²) in [5, 5.41) is 4.11. The number of benzene rings is 1. The van der Waals surface area contributed by atoms with Gasteiger partial charge in [-0.3, -0.25) is 0 Å².